The van der Waals surface area contributed by atoms with Gasteiger partial charge in [-0.15, -0.1) is 0 Å². The summed E-state index contributed by atoms with van der Waals surface area (Å²) in [5.74, 6) is 0.802. The fourth-order valence-electron chi connectivity index (χ4n) is 3.54. The third-order valence-electron chi connectivity index (χ3n) is 5.30. The zero-order valence-corrected chi connectivity index (χ0v) is 18.8. The molecule has 1 fully saturated rings. The SMILES string of the molecule is CN=C(NCCCCCOC1CCCCC1)NCCc1ccc(S(C)(=O)=O)cc1. The highest BCUT2D eigenvalue weighted by atomic mass is 32.2. The number of nitrogens with one attached hydrogen (secondary N) is 2. The highest BCUT2D eigenvalue weighted by Gasteiger charge is 2.12. The highest BCUT2D eigenvalue weighted by molar-refractivity contribution is 7.90. The van der Waals surface area contributed by atoms with Gasteiger partial charge >= 0.3 is 0 Å². The molecule has 0 bridgehead atoms. The fraction of sp³-hybridized carbons (Fsp3) is 0.682. The molecule has 0 spiro atoms. The van der Waals surface area contributed by atoms with Gasteiger partial charge in [0.05, 0.1) is 11.0 Å². The number of nitrogens with zero attached hydrogens (tertiary/aromatic N) is 1. The summed E-state index contributed by atoms with van der Waals surface area (Å²) in [5, 5.41) is 6.65. The number of aliphatic imine (C=N–C) groups is 1. The minimum Gasteiger partial charge on any atom is -0.378 e. The van der Waals surface area contributed by atoms with Crippen molar-refractivity contribution in [2.75, 3.05) is 33.0 Å². The average Bonchev–Trinajstić information content (AvgIpc) is 2.72. The number of hydrogen-bond donors (Lipinski definition) is 2. The van der Waals surface area contributed by atoms with E-state index in [0.717, 1.165) is 56.9 Å². The summed E-state index contributed by atoms with van der Waals surface area (Å²) < 4.78 is 29.0. The maximum atomic E-state index is 11.5. The number of unbranched alkanes of at least 4 members (excludes halogenated alkanes) is 2. The van der Waals surface area contributed by atoms with Crippen LogP contribution >= 0.6 is 0 Å². The Hall–Kier alpha value is -1.60. The van der Waals surface area contributed by atoms with Crippen LogP contribution in [0.3, 0.4) is 0 Å². The highest BCUT2D eigenvalue weighted by Crippen LogP contribution is 2.20. The lowest BCUT2D eigenvalue weighted by molar-refractivity contribution is 0.0264. The third-order valence-corrected chi connectivity index (χ3v) is 6.43. The Bertz CT molecular complexity index is 711. The van der Waals surface area contributed by atoms with Gasteiger partial charge in [-0.2, -0.15) is 0 Å². The van der Waals surface area contributed by atoms with Gasteiger partial charge in [-0.1, -0.05) is 31.4 Å². The van der Waals surface area contributed by atoms with E-state index in [0.29, 0.717) is 11.0 Å². The minimum absolute atomic E-state index is 0.357. The molecule has 1 aromatic carbocycles. The number of hydrogen-bond acceptors (Lipinski definition) is 4. The molecule has 2 rings (SSSR count). The Morgan fingerprint density at radius 1 is 1.03 bits per heavy atom. The molecule has 0 saturated heterocycles. The molecule has 0 atom stereocenters. The van der Waals surface area contributed by atoms with Gasteiger partial charge in [0.2, 0.25) is 0 Å². The summed E-state index contributed by atoms with van der Waals surface area (Å²) >= 11 is 0. The van der Waals surface area contributed by atoms with E-state index in [1.807, 2.05) is 12.1 Å². The first-order valence-corrected chi connectivity index (χ1v) is 12.7. The topological polar surface area (TPSA) is 79.8 Å². The smallest absolute Gasteiger partial charge is 0.190 e. The van der Waals surface area contributed by atoms with E-state index >= 15 is 0 Å². The lowest BCUT2D eigenvalue weighted by atomic mass is 9.98. The monoisotopic (exact) mass is 423 g/mol. The van der Waals surface area contributed by atoms with Gasteiger partial charge in [0.15, 0.2) is 15.8 Å². The van der Waals surface area contributed by atoms with E-state index in [1.54, 1.807) is 19.2 Å². The Balaban J connectivity index is 1.52. The first kappa shape index (κ1) is 23.7. The number of guanidine groups is 1. The summed E-state index contributed by atoms with van der Waals surface area (Å²) in [6.07, 6.45) is 12.4. The zero-order chi connectivity index (χ0) is 21.0. The number of sulfone groups is 1. The zero-order valence-electron chi connectivity index (χ0n) is 18.0. The van der Waals surface area contributed by atoms with Crippen LogP contribution in [0.4, 0.5) is 0 Å². The number of rotatable bonds is 11. The van der Waals surface area contributed by atoms with Crippen LogP contribution in [-0.2, 0) is 21.0 Å². The molecule has 29 heavy (non-hydrogen) atoms. The van der Waals surface area contributed by atoms with E-state index < -0.39 is 9.84 Å². The van der Waals surface area contributed by atoms with E-state index in [4.69, 9.17) is 4.74 Å². The lowest BCUT2D eigenvalue weighted by Crippen LogP contribution is -2.38. The van der Waals surface area contributed by atoms with Crippen LogP contribution in [-0.4, -0.2) is 53.5 Å². The molecule has 1 aliphatic carbocycles. The van der Waals surface area contributed by atoms with Crippen molar-refractivity contribution in [1.82, 2.24) is 10.6 Å². The van der Waals surface area contributed by atoms with Crippen molar-refractivity contribution in [2.24, 2.45) is 4.99 Å². The summed E-state index contributed by atoms with van der Waals surface area (Å²) in [6.45, 7) is 2.52. The lowest BCUT2D eigenvalue weighted by Gasteiger charge is -2.21. The van der Waals surface area contributed by atoms with Gasteiger partial charge in [0, 0.05) is 33.0 Å². The molecule has 1 aliphatic rings. The molecule has 0 aromatic heterocycles. The summed E-state index contributed by atoms with van der Waals surface area (Å²) in [5.41, 5.74) is 1.10. The quantitative estimate of drug-likeness (QED) is 0.324. The van der Waals surface area contributed by atoms with Gasteiger partial charge in [-0.25, -0.2) is 8.42 Å². The molecule has 0 aliphatic heterocycles. The van der Waals surface area contributed by atoms with Crippen LogP contribution in [0, 0.1) is 0 Å². The maximum Gasteiger partial charge on any atom is 0.190 e. The fourth-order valence-corrected chi connectivity index (χ4v) is 4.17. The van der Waals surface area contributed by atoms with Crippen molar-refractivity contribution in [2.45, 2.75) is 68.8 Å². The normalized spacial score (nSPS) is 16.0. The van der Waals surface area contributed by atoms with Crippen LogP contribution in [0.2, 0.25) is 0 Å². The van der Waals surface area contributed by atoms with Gasteiger partial charge in [-0.05, 0) is 56.2 Å². The van der Waals surface area contributed by atoms with Crippen LogP contribution in [0.5, 0.6) is 0 Å². The first-order chi connectivity index (χ1) is 14.0. The Morgan fingerprint density at radius 2 is 1.72 bits per heavy atom. The Kier molecular flexibility index (Phi) is 10.5. The molecule has 6 nitrogen and oxygen atoms in total. The molecule has 7 heteroatoms. The predicted octanol–water partition coefficient (Wildman–Crippen LogP) is 3.32. The largest absolute Gasteiger partial charge is 0.378 e. The third kappa shape index (κ3) is 9.63. The predicted molar refractivity (Wildman–Crippen MR) is 119 cm³/mol. The number of benzene rings is 1. The Labute approximate surface area is 176 Å². The van der Waals surface area contributed by atoms with E-state index in [2.05, 4.69) is 15.6 Å². The minimum atomic E-state index is -3.13. The van der Waals surface area contributed by atoms with Gasteiger partial charge in [0.25, 0.3) is 0 Å². The molecule has 0 amide bonds. The van der Waals surface area contributed by atoms with Crippen molar-refractivity contribution in [3.05, 3.63) is 29.8 Å². The van der Waals surface area contributed by atoms with Crippen LogP contribution in [0.25, 0.3) is 0 Å². The van der Waals surface area contributed by atoms with Gasteiger partial charge < -0.3 is 15.4 Å². The van der Waals surface area contributed by atoms with Crippen LogP contribution in [0.1, 0.15) is 56.9 Å². The number of ether oxygens (including phenoxy) is 1. The Morgan fingerprint density at radius 3 is 2.38 bits per heavy atom. The van der Waals surface area contributed by atoms with Gasteiger partial charge in [-0.3, -0.25) is 4.99 Å². The molecule has 0 unspecified atom stereocenters. The summed E-state index contributed by atoms with van der Waals surface area (Å²) in [7, 11) is -1.36. The molecule has 0 radical (unpaired) electrons. The van der Waals surface area contributed by atoms with Crippen molar-refractivity contribution >= 4 is 15.8 Å². The van der Waals surface area contributed by atoms with Crippen LogP contribution in [0.15, 0.2) is 34.2 Å². The molecular formula is C22H37N3O3S. The summed E-state index contributed by atoms with van der Waals surface area (Å²) in [6, 6.07) is 7.05. The molecular weight excluding hydrogens is 386 g/mol. The van der Waals surface area contributed by atoms with E-state index in [1.165, 1.54) is 38.4 Å². The summed E-state index contributed by atoms with van der Waals surface area (Å²) in [4.78, 5) is 4.61. The second kappa shape index (κ2) is 12.9. The molecule has 164 valence electrons. The molecule has 0 heterocycles. The van der Waals surface area contributed by atoms with Crippen molar-refractivity contribution in [3.63, 3.8) is 0 Å². The molecule has 1 aromatic rings. The second-order valence-electron chi connectivity index (χ2n) is 7.78. The molecule has 1 saturated carbocycles. The standard InChI is InChI=1S/C22H37N3O3S/c1-23-22(24-16-7-4-8-18-28-20-9-5-3-6-10-20)25-17-15-19-11-13-21(14-12-19)29(2,26)27/h11-14,20H,3-10,15-18H2,1-2H3,(H2,23,24,25). The van der Waals surface area contributed by atoms with E-state index in [9.17, 15) is 8.42 Å². The van der Waals surface area contributed by atoms with Crippen molar-refractivity contribution < 1.29 is 13.2 Å². The van der Waals surface area contributed by atoms with Gasteiger partial charge in [0.1, 0.15) is 0 Å². The van der Waals surface area contributed by atoms with Crippen LogP contribution < -0.4 is 10.6 Å². The van der Waals surface area contributed by atoms with Crippen molar-refractivity contribution in [1.29, 1.82) is 0 Å². The maximum absolute atomic E-state index is 11.5. The molecule has 2 N–H and O–H groups in total. The second-order valence-corrected chi connectivity index (χ2v) is 9.80. The van der Waals surface area contributed by atoms with Crippen molar-refractivity contribution in [3.8, 4) is 0 Å². The first-order valence-electron chi connectivity index (χ1n) is 10.8. The average molecular weight is 424 g/mol. The van der Waals surface area contributed by atoms with E-state index in [-0.39, 0.29) is 0 Å².